The molecule has 0 aliphatic carbocycles. The molecule has 13 heteroatoms. The van der Waals surface area contributed by atoms with Gasteiger partial charge in [0.15, 0.2) is 11.5 Å². The monoisotopic (exact) mass is 430 g/mol. The van der Waals surface area contributed by atoms with Crippen LogP contribution in [0.25, 0.3) is 5.65 Å². The molecule has 0 spiro atoms. The summed E-state index contributed by atoms with van der Waals surface area (Å²) >= 11 is 1.47. The second-order valence-electron chi connectivity index (χ2n) is 5.69. The van der Waals surface area contributed by atoms with Crippen LogP contribution in [-0.2, 0) is 22.6 Å². The van der Waals surface area contributed by atoms with Gasteiger partial charge in [-0.25, -0.2) is 9.78 Å². The molecule has 156 valence electrons. The number of alkyl halides is 3. The normalized spacial score (nSPS) is 12.2. The summed E-state index contributed by atoms with van der Waals surface area (Å²) in [6.45, 7) is 2.28. The van der Waals surface area contributed by atoms with Gasteiger partial charge < -0.3 is 16.2 Å². The molecule has 9 nitrogen and oxygen atoms in total. The quantitative estimate of drug-likeness (QED) is 0.561. The number of carbonyl (C=O) groups excluding carboxylic acids is 1. The SMILES string of the molecule is CC(NC(=O)Cc1csc(CN)n1)c1nnc2ccccn12.O=C(O)C(F)(F)F. The van der Waals surface area contributed by atoms with Crippen LogP contribution in [0.3, 0.4) is 0 Å². The predicted octanol–water partition coefficient (Wildman–Crippen LogP) is 1.70. The molecule has 0 saturated carbocycles. The van der Waals surface area contributed by atoms with Crippen molar-refractivity contribution in [2.75, 3.05) is 0 Å². The van der Waals surface area contributed by atoms with Crippen molar-refractivity contribution in [1.29, 1.82) is 0 Å². The van der Waals surface area contributed by atoms with E-state index in [2.05, 4.69) is 20.5 Å². The number of nitrogens with zero attached hydrogens (tertiary/aromatic N) is 4. The largest absolute Gasteiger partial charge is 0.490 e. The molecule has 3 heterocycles. The summed E-state index contributed by atoms with van der Waals surface area (Å²) in [4.78, 5) is 25.3. The first-order valence-corrected chi connectivity index (χ1v) is 9.02. The van der Waals surface area contributed by atoms with Gasteiger partial charge in [-0.3, -0.25) is 9.20 Å². The third-order valence-corrected chi connectivity index (χ3v) is 4.38. The highest BCUT2D eigenvalue weighted by molar-refractivity contribution is 7.09. The van der Waals surface area contributed by atoms with Crippen molar-refractivity contribution in [2.45, 2.75) is 32.1 Å². The summed E-state index contributed by atoms with van der Waals surface area (Å²) in [5, 5.41) is 21.0. The Labute approximate surface area is 166 Å². The molecule has 0 bridgehead atoms. The predicted molar refractivity (Wildman–Crippen MR) is 96.9 cm³/mol. The number of rotatable bonds is 5. The first-order valence-electron chi connectivity index (χ1n) is 8.14. The summed E-state index contributed by atoms with van der Waals surface area (Å²) in [5.41, 5.74) is 7.01. The maximum atomic E-state index is 12.1. The molecule has 1 unspecified atom stereocenters. The fourth-order valence-corrected chi connectivity index (χ4v) is 2.87. The maximum Gasteiger partial charge on any atom is 0.490 e. The number of aliphatic carboxylic acids is 1. The van der Waals surface area contributed by atoms with Gasteiger partial charge in [-0.15, -0.1) is 21.5 Å². The number of hydrogen-bond donors (Lipinski definition) is 3. The highest BCUT2D eigenvalue weighted by atomic mass is 32.1. The lowest BCUT2D eigenvalue weighted by atomic mass is 10.2. The number of amides is 1. The number of aromatic nitrogens is 4. The van der Waals surface area contributed by atoms with Gasteiger partial charge in [0, 0.05) is 18.1 Å². The van der Waals surface area contributed by atoms with Gasteiger partial charge in [-0.05, 0) is 19.1 Å². The van der Waals surface area contributed by atoms with Crippen LogP contribution in [0.5, 0.6) is 0 Å². The van der Waals surface area contributed by atoms with Gasteiger partial charge in [0.05, 0.1) is 18.2 Å². The summed E-state index contributed by atoms with van der Waals surface area (Å²) in [5.74, 6) is -2.16. The van der Waals surface area contributed by atoms with Crippen molar-refractivity contribution >= 4 is 28.9 Å². The van der Waals surface area contributed by atoms with Crippen molar-refractivity contribution in [3.63, 3.8) is 0 Å². The number of hydrogen-bond acceptors (Lipinski definition) is 7. The molecule has 3 aromatic rings. The molecule has 1 atom stereocenters. The van der Waals surface area contributed by atoms with Crippen LogP contribution in [0.1, 0.15) is 29.5 Å². The summed E-state index contributed by atoms with van der Waals surface area (Å²) < 4.78 is 33.6. The van der Waals surface area contributed by atoms with Gasteiger partial charge in [0.25, 0.3) is 0 Å². The molecule has 4 N–H and O–H groups in total. The molecular formula is C16H17F3N6O3S. The molecule has 0 aromatic carbocycles. The number of nitrogens with one attached hydrogen (secondary N) is 1. The fraction of sp³-hybridized carbons (Fsp3) is 0.312. The molecule has 0 saturated heterocycles. The third-order valence-electron chi connectivity index (χ3n) is 3.46. The Kier molecular flexibility index (Phi) is 7.23. The molecule has 0 radical (unpaired) electrons. The summed E-state index contributed by atoms with van der Waals surface area (Å²) in [6, 6.07) is 5.43. The second-order valence-corrected chi connectivity index (χ2v) is 6.64. The Hall–Kier alpha value is -3.06. The minimum Gasteiger partial charge on any atom is -0.475 e. The number of fused-ring (bicyclic) bond motifs is 1. The van der Waals surface area contributed by atoms with Crippen molar-refractivity contribution in [3.05, 3.63) is 46.3 Å². The van der Waals surface area contributed by atoms with Gasteiger partial charge in [0.1, 0.15) is 5.01 Å². The Morgan fingerprint density at radius 1 is 1.34 bits per heavy atom. The van der Waals surface area contributed by atoms with E-state index in [1.807, 2.05) is 41.1 Å². The zero-order valence-electron chi connectivity index (χ0n) is 15.1. The van der Waals surface area contributed by atoms with Gasteiger partial charge >= 0.3 is 12.1 Å². The minimum absolute atomic E-state index is 0.103. The van der Waals surface area contributed by atoms with E-state index in [1.54, 1.807) is 0 Å². The first-order chi connectivity index (χ1) is 13.6. The van der Waals surface area contributed by atoms with Crippen molar-refractivity contribution in [1.82, 2.24) is 24.9 Å². The van der Waals surface area contributed by atoms with E-state index in [0.717, 1.165) is 16.3 Å². The highest BCUT2D eigenvalue weighted by Gasteiger charge is 2.38. The zero-order chi connectivity index (χ0) is 21.6. The Balaban J connectivity index is 0.000000370. The smallest absolute Gasteiger partial charge is 0.475 e. The molecule has 1 amide bonds. The standard InChI is InChI=1S/C14H16N6OS.C2HF3O2/c1-9(14-19-18-11-4-2-3-5-20(11)14)16-12(21)6-10-8-22-13(7-15)17-10;3-2(4,5)1(6)7/h2-5,8-9H,6-7,15H2,1H3,(H,16,21);(H,6,7). The third kappa shape index (κ3) is 6.22. The van der Waals surface area contributed by atoms with Crippen LogP contribution in [0.2, 0.25) is 0 Å². The number of carbonyl (C=O) groups is 2. The number of thiazole rings is 1. The Bertz CT molecular complexity index is 988. The van der Waals surface area contributed by atoms with Crippen molar-refractivity contribution < 1.29 is 27.9 Å². The van der Waals surface area contributed by atoms with Crippen LogP contribution in [0.4, 0.5) is 13.2 Å². The van der Waals surface area contributed by atoms with Gasteiger partial charge in [0.2, 0.25) is 5.91 Å². The number of carboxylic acids is 1. The number of carboxylic acid groups (broad SMARTS) is 1. The van der Waals surface area contributed by atoms with E-state index in [0.29, 0.717) is 12.4 Å². The minimum atomic E-state index is -5.08. The average molecular weight is 430 g/mol. The Morgan fingerprint density at radius 2 is 2.03 bits per heavy atom. The van der Waals surface area contributed by atoms with Crippen LogP contribution >= 0.6 is 11.3 Å². The Morgan fingerprint density at radius 3 is 2.62 bits per heavy atom. The van der Waals surface area contributed by atoms with E-state index < -0.39 is 12.1 Å². The van der Waals surface area contributed by atoms with E-state index in [-0.39, 0.29) is 18.4 Å². The van der Waals surface area contributed by atoms with Crippen molar-refractivity contribution in [3.8, 4) is 0 Å². The molecule has 3 aromatic heterocycles. The topological polar surface area (TPSA) is 136 Å². The zero-order valence-corrected chi connectivity index (χ0v) is 15.9. The average Bonchev–Trinajstić information content (AvgIpc) is 3.27. The molecule has 3 rings (SSSR count). The van der Waals surface area contributed by atoms with Gasteiger partial charge in [-0.2, -0.15) is 13.2 Å². The highest BCUT2D eigenvalue weighted by Crippen LogP contribution is 2.14. The lowest BCUT2D eigenvalue weighted by molar-refractivity contribution is -0.192. The van der Waals surface area contributed by atoms with E-state index in [1.165, 1.54) is 11.3 Å². The lowest BCUT2D eigenvalue weighted by Crippen LogP contribution is -2.29. The van der Waals surface area contributed by atoms with Crippen LogP contribution in [-0.4, -0.2) is 42.7 Å². The maximum absolute atomic E-state index is 12.1. The first kappa shape index (κ1) is 22.2. The second kappa shape index (κ2) is 9.43. The van der Waals surface area contributed by atoms with E-state index in [9.17, 15) is 18.0 Å². The molecule has 0 fully saturated rings. The molecule has 0 aliphatic heterocycles. The van der Waals surface area contributed by atoms with E-state index >= 15 is 0 Å². The summed E-state index contributed by atoms with van der Waals surface area (Å²) in [6.07, 6.45) is -2.97. The molecular weight excluding hydrogens is 413 g/mol. The molecule has 0 aliphatic rings. The van der Waals surface area contributed by atoms with Gasteiger partial charge in [-0.1, -0.05) is 6.07 Å². The molecule has 29 heavy (non-hydrogen) atoms. The van der Waals surface area contributed by atoms with Crippen LogP contribution in [0.15, 0.2) is 29.8 Å². The van der Waals surface area contributed by atoms with Crippen molar-refractivity contribution in [2.24, 2.45) is 5.73 Å². The van der Waals surface area contributed by atoms with Crippen LogP contribution < -0.4 is 11.1 Å². The van der Waals surface area contributed by atoms with Crippen LogP contribution in [0, 0.1) is 0 Å². The number of halogens is 3. The number of pyridine rings is 1. The number of nitrogens with two attached hydrogens (primary N) is 1. The summed E-state index contributed by atoms with van der Waals surface area (Å²) in [7, 11) is 0. The lowest BCUT2D eigenvalue weighted by Gasteiger charge is -2.11. The van der Waals surface area contributed by atoms with E-state index in [4.69, 9.17) is 15.6 Å². The fourth-order valence-electron chi connectivity index (χ4n) is 2.20.